The first-order chi connectivity index (χ1) is 26.2. The van der Waals surface area contributed by atoms with Gasteiger partial charge in [-0.1, -0.05) is 127 Å². The second-order valence-corrected chi connectivity index (χ2v) is 14.1. The molecular weight excluding hydrogens is 645 g/mol. The summed E-state index contributed by atoms with van der Waals surface area (Å²) in [5.74, 6) is 1.21. The predicted molar refractivity (Wildman–Crippen MR) is 220 cm³/mol. The molecule has 0 amide bonds. The van der Waals surface area contributed by atoms with Crippen LogP contribution in [-0.2, 0) is 0 Å². The van der Waals surface area contributed by atoms with Crippen molar-refractivity contribution in [2.24, 2.45) is 0 Å². The number of aromatic nitrogens is 2. The molecule has 1 aromatic heterocycles. The molecule has 4 heteroatoms. The molecule has 0 saturated carbocycles. The molecule has 6 aromatic carbocycles. The molecule has 3 heterocycles. The summed E-state index contributed by atoms with van der Waals surface area (Å²) >= 11 is 0. The minimum Gasteiger partial charge on any atom is -0.377 e. The number of imidazole rings is 1. The van der Waals surface area contributed by atoms with Crippen molar-refractivity contribution in [2.45, 2.75) is 18.0 Å². The number of rotatable bonds is 6. The minimum atomic E-state index is 0.0560. The number of para-hydroxylation sites is 3. The summed E-state index contributed by atoms with van der Waals surface area (Å²) in [5, 5.41) is 3.85. The van der Waals surface area contributed by atoms with Gasteiger partial charge in [0.2, 0.25) is 0 Å². The number of hydrogen-bond acceptors (Lipinski definition) is 3. The Morgan fingerprint density at radius 3 is 2.19 bits per heavy atom. The van der Waals surface area contributed by atoms with E-state index in [0.29, 0.717) is 0 Å². The van der Waals surface area contributed by atoms with Crippen LogP contribution in [0, 0.1) is 0 Å². The number of anilines is 1. The van der Waals surface area contributed by atoms with E-state index in [1.54, 1.807) is 0 Å². The van der Waals surface area contributed by atoms with Gasteiger partial charge >= 0.3 is 0 Å². The number of nitrogens with one attached hydrogen (secondary N) is 1. The van der Waals surface area contributed by atoms with Crippen molar-refractivity contribution in [3.05, 3.63) is 211 Å². The number of benzene rings is 6. The number of nitrogens with zero attached hydrogens (tertiary/aromatic N) is 3. The van der Waals surface area contributed by atoms with Crippen molar-refractivity contribution in [1.82, 2.24) is 14.5 Å². The van der Waals surface area contributed by atoms with Crippen LogP contribution in [-0.4, -0.2) is 27.5 Å². The normalized spacial score (nSPS) is 18.7. The van der Waals surface area contributed by atoms with Crippen LogP contribution in [0.25, 0.3) is 50.1 Å². The third kappa shape index (κ3) is 5.42. The van der Waals surface area contributed by atoms with Crippen LogP contribution in [0.5, 0.6) is 0 Å². The smallest absolute Gasteiger partial charge is 0.143 e. The van der Waals surface area contributed by atoms with Gasteiger partial charge in [-0.05, 0) is 93.6 Å². The Morgan fingerprint density at radius 1 is 0.660 bits per heavy atom. The molecule has 0 bridgehead atoms. The quantitative estimate of drug-likeness (QED) is 0.190. The van der Waals surface area contributed by atoms with Gasteiger partial charge < -0.3 is 10.2 Å². The predicted octanol–water partition coefficient (Wildman–Crippen LogP) is 11.5. The maximum atomic E-state index is 5.61. The van der Waals surface area contributed by atoms with Crippen LogP contribution in [0.4, 0.5) is 5.69 Å². The van der Waals surface area contributed by atoms with Gasteiger partial charge in [-0.15, -0.1) is 0 Å². The van der Waals surface area contributed by atoms with Gasteiger partial charge in [0.25, 0.3) is 0 Å². The number of allylic oxidation sites excluding steroid dienone is 4. The molecule has 0 radical (unpaired) electrons. The summed E-state index contributed by atoms with van der Waals surface area (Å²) < 4.78 is 2.35. The number of hydrogen-bond donors (Lipinski definition) is 1. The van der Waals surface area contributed by atoms with Crippen molar-refractivity contribution in [2.75, 3.05) is 12.4 Å². The van der Waals surface area contributed by atoms with Crippen LogP contribution < -0.4 is 5.32 Å². The second kappa shape index (κ2) is 12.8. The van der Waals surface area contributed by atoms with E-state index in [4.69, 9.17) is 4.98 Å². The molecule has 3 atom stereocenters. The van der Waals surface area contributed by atoms with Gasteiger partial charge in [0.05, 0.1) is 23.1 Å². The monoisotopic (exact) mass is 682 g/mol. The fourth-order valence-electron chi connectivity index (χ4n) is 8.37. The highest BCUT2D eigenvalue weighted by atomic mass is 15.1. The SMILES string of the molecule is CN1C=CC(c2ccccc2)=CC1c1cc(-c2ccccc2)cc(-c2cccc3c2nc(C2=CC=CC4c5ccccc5NC24)n3-c2ccccc2)c1. The summed E-state index contributed by atoms with van der Waals surface area (Å²) in [6.07, 6.45) is 13.6. The van der Waals surface area contributed by atoms with Gasteiger partial charge in [0.1, 0.15) is 5.82 Å². The van der Waals surface area contributed by atoms with E-state index < -0.39 is 0 Å². The van der Waals surface area contributed by atoms with Crippen LogP contribution in [0.1, 0.15) is 34.5 Å². The Bertz CT molecular complexity index is 2610. The van der Waals surface area contributed by atoms with Gasteiger partial charge in [0.15, 0.2) is 0 Å². The molecule has 3 unspecified atom stereocenters. The molecule has 0 spiro atoms. The fraction of sp³-hybridized carbons (Fsp3) is 0.0816. The van der Waals surface area contributed by atoms with E-state index >= 15 is 0 Å². The Labute approximate surface area is 310 Å². The Kier molecular flexibility index (Phi) is 7.54. The van der Waals surface area contributed by atoms with Crippen molar-refractivity contribution >= 4 is 27.9 Å². The lowest BCUT2D eigenvalue weighted by Crippen LogP contribution is -2.24. The van der Waals surface area contributed by atoms with Crippen molar-refractivity contribution in [3.63, 3.8) is 0 Å². The first kappa shape index (κ1) is 31.1. The third-order valence-corrected chi connectivity index (χ3v) is 11.0. The average Bonchev–Trinajstić information content (AvgIpc) is 3.81. The fourth-order valence-corrected chi connectivity index (χ4v) is 8.37. The summed E-state index contributed by atoms with van der Waals surface area (Å²) in [7, 11) is 2.16. The van der Waals surface area contributed by atoms with Crippen LogP contribution in [0.3, 0.4) is 0 Å². The molecule has 53 heavy (non-hydrogen) atoms. The largest absolute Gasteiger partial charge is 0.377 e. The van der Waals surface area contributed by atoms with E-state index in [-0.39, 0.29) is 18.0 Å². The van der Waals surface area contributed by atoms with Gasteiger partial charge in [-0.25, -0.2) is 4.98 Å². The molecule has 0 fully saturated rings. The minimum absolute atomic E-state index is 0.0560. The molecule has 4 nitrogen and oxygen atoms in total. The zero-order valence-electron chi connectivity index (χ0n) is 29.5. The zero-order valence-corrected chi connectivity index (χ0v) is 29.5. The Morgan fingerprint density at radius 2 is 1.38 bits per heavy atom. The number of likely N-dealkylation sites (N-methyl/N-ethyl adjacent to an activating group) is 1. The zero-order chi connectivity index (χ0) is 35.3. The first-order valence-electron chi connectivity index (χ1n) is 18.4. The Balaban J connectivity index is 1.16. The summed E-state index contributed by atoms with van der Waals surface area (Å²) in [6, 6.07) is 54.6. The highest BCUT2D eigenvalue weighted by Gasteiger charge is 2.36. The van der Waals surface area contributed by atoms with E-state index in [2.05, 4.69) is 210 Å². The molecule has 0 saturated heterocycles. The maximum absolute atomic E-state index is 5.61. The van der Waals surface area contributed by atoms with E-state index in [1.807, 2.05) is 0 Å². The maximum Gasteiger partial charge on any atom is 0.143 e. The lowest BCUT2D eigenvalue weighted by molar-refractivity contribution is 0.391. The lowest BCUT2D eigenvalue weighted by Gasteiger charge is -2.29. The highest BCUT2D eigenvalue weighted by molar-refractivity contribution is 5.97. The number of fused-ring (bicyclic) bond motifs is 4. The van der Waals surface area contributed by atoms with Gasteiger partial charge in [-0.2, -0.15) is 0 Å². The molecule has 254 valence electrons. The van der Waals surface area contributed by atoms with Crippen LogP contribution >= 0.6 is 0 Å². The summed E-state index contributed by atoms with van der Waals surface area (Å²) in [4.78, 5) is 7.91. The lowest BCUT2D eigenvalue weighted by atomic mass is 9.86. The highest BCUT2D eigenvalue weighted by Crippen LogP contribution is 2.46. The molecule has 1 aliphatic carbocycles. The molecular formula is C49H38N4. The molecule has 2 aliphatic heterocycles. The van der Waals surface area contributed by atoms with Gasteiger partial charge in [0, 0.05) is 41.7 Å². The van der Waals surface area contributed by atoms with Crippen molar-refractivity contribution in [1.29, 1.82) is 0 Å². The summed E-state index contributed by atoms with van der Waals surface area (Å²) in [5.41, 5.74) is 15.2. The molecule has 1 N–H and O–H groups in total. The van der Waals surface area contributed by atoms with Crippen LogP contribution in [0.2, 0.25) is 0 Å². The second-order valence-electron chi connectivity index (χ2n) is 14.1. The first-order valence-corrected chi connectivity index (χ1v) is 18.4. The van der Waals surface area contributed by atoms with Crippen LogP contribution in [0.15, 0.2) is 188 Å². The average molecular weight is 683 g/mol. The molecule has 3 aliphatic rings. The van der Waals surface area contributed by atoms with Gasteiger partial charge in [-0.3, -0.25) is 4.57 Å². The summed E-state index contributed by atoms with van der Waals surface area (Å²) in [6.45, 7) is 0. The van der Waals surface area contributed by atoms with Crippen molar-refractivity contribution < 1.29 is 0 Å². The topological polar surface area (TPSA) is 33.1 Å². The van der Waals surface area contributed by atoms with E-state index in [9.17, 15) is 0 Å². The Hall–Kier alpha value is -6.65. The standard InChI is InChI=1S/C49H38N4/c1-52-28-27-35(33-15-5-2-6-16-33)32-46(52)38-30-36(34-17-7-3-8-18-34)29-37(31-38)40-22-14-26-45-48(40)51-49(53(45)39-19-9-4-10-20-39)43-24-13-23-42-41-21-11-12-25-44(41)50-47(42)43/h2-32,42,46-47,50H,1H3. The third-order valence-electron chi connectivity index (χ3n) is 11.0. The molecule has 10 rings (SSSR count). The van der Waals surface area contributed by atoms with Crippen molar-refractivity contribution in [3.8, 4) is 27.9 Å². The van der Waals surface area contributed by atoms with E-state index in [1.165, 1.54) is 44.7 Å². The van der Waals surface area contributed by atoms with E-state index in [0.717, 1.165) is 33.7 Å². The molecule has 7 aromatic rings.